The van der Waals surface area contributed by atoms with Gasteiger partial charge in [-0.05, 0) is 29.8 Å². The summed E-state index contributed by atoms with van der Waals surface area (Å²) in [6.07, 6.45) is 0. The van der Waals surface area contributed by atoms with Crippen LogP contribution in [0.2, 0.25) is 0 Å². The Labute approximate surface area is 160 Å². The van der Waals surface area contributed by atoms with E-state index >= 15 is 0 Å². The third-order valence-electron chi connectivity index (χ3n) is 4.60. The van der Waals surface area contributed by atoms with Crippen LogP contribution in [0.1, 0.15) is 32.3 Å². The Kier molecular flexibility index (Phi) is 4.43. The van der Waals surface area contributed by atoms with Crippen molar-refractivity contribution in [2.75, 3.05) is 0 Å². The SMILES string of the molecule is O=C(c1ccccc1)C1C(c2ccccc2)N1C(=O)c1ccc(Br)cc1. The van der Waals surface area contributed by atoms with E-state index in [1.54, 1.807) is 29.2 Å². The molecule has 0 bridgehead atoms. The van der Waals surface area contributed by atoms with E-state index in [0.717, 1.165) is 10.0 Å². The lowest BCUT2D eigenvalue weighted by Gasteiger charge is -2.05. The fourth-order valence-corrected chi connectivity index (χ4v) is 3.53. The van der Waals surface area contributed by atoms with E-state index in [4.69, 9.17) is 0 Å². The van der Waals surface area contributed by atoms with Gasteiger partial charge in [0.1, 0.15) is 6.04 Å². The molecule has 1 aliphatic heterocycles. The number of nitrogens with zero attached hydrogens (tertiary/aromatic N) is 1. The van der Waals surface area contributed by atoms with Gasteiger partial charge in [0.05, 0.1) is 6.04 Å². The van der Waals surface area contributed by atoms with Crippen LogP contribution in [0.25, 0.3) is 0 Å². The molecule has 0 spiro atoms. The van der Waals surface area contributed by atoms with E-state index in [1.807, 2.05) is 60.7 Å². The van der Waals surface area contributed by atoms with E-state index < -0.39 is 6.04 Å². The molecular weight excluding hydrogens is 390 g/mol. The zero-order chi connectivity index (χ0) is 18.1. The summed E-state index contributed by atoms with van der Waals surface area (Å²) >= 11 is 3.38. The van der Waals surface area contributed by atoms with E-state index in [0.29, 0.717) is 11.1 Å². The van der Waals surface area contributed by atoms with Gasteiger partial charge in [0.15, 0.2) is 5.78 Å². The summed E-state index contributed by atoms with van der Waals surface area (Å²) < 4.78 is 0.913. The monoisotopic (exact) mass is 405 g/mol. The van der Waals surface area contributed by atoms with Crippen molar-refractivity contribution in [3.63, 3.8) is 0 Å². The predicted octanol–water partition coefficient (Wildman–Crippen LogP) is 4.90. The van der Waals surface area contributed by atoms with E-state index in [1.165, 1.54) is 0 Å². The van der Waals surface area contributed by atoms with Gasteiger partial charge in [-0.25, -0.2) is 0 Å². The quantitative estimate of drug-likeness (QED) is 0.457. The Balaban J connectivity index is 1.67. The molecule has 3 aromatic carbocycles. The Bertz CT molecular complexity index is 939. The van der Waals surface area contributed by atoms with Crippen molar-refractivity contribution >= 4 is 27.6 Å². The zero-order valence-electron chi connectivity index (χ0n) is 13.9. The molecule has 1 aliphatic rings. The lowest BCUT2D eigenvalue weighted by atomic mass is 10.0. The van der Waals surface area contributed by atoms with Crippen LogP contribution in [0.5, 0.6) is 0 Å². The third-order valence-corrected chi connectivity index (χ3v) is 5.13. The molecule has 26 heavy (non-hydrogen) atoms. The number of ketones is 1. The number of carbonyl (C=O) groups is 2. The molecule has 2 unspecified atom stereocenters. The summed E-state index contributed by atoms with van der Waals surface area (Å²) in [6, 6.07) is 25.4. The molecule has 0 N–H and O–H groups in total. The van der Waals surface area contributed by atoms with Crippen molar-refractivity contribution in [3.8, 4) is 0 Å². The summed E-state index contributed by atoms with van der Waals surface area (Å²) in [6.45, 7) is 0. The van der Waals surface area contributed by atoms with Crippen LogP contribution in [0, 0.1) is 0 Å². The van der Waals surface area contributed by atoms with Gasteiger partial charge in [-0.2, -0.15) is 0 Å². The van der Waals surface area contributed by atoms with Gasteiger partial charge in [-0.15, -0.1) is 0 Å². The van der Waals surface area contributed by atoms with Crippen molar-refractivity contribution in [2.24, 2.45) is 0 Å². The van der Waals surface area contributed by atoms with Crippen LogP contribution in [-0.2, 0) is 0 Å². The number of hydrogen-bond donors (Lipinski definition) is 0. The van der Waals surface area contributed by atoms with Crippen molar-refractivity contribution in [1.82, 2.24) is 4.90 Å². The highest BCUT2D eigenvalue weighted by atomic mass is 79.9. The molecule has 2 atom stereocenters. The summed E-state index contributed by atoms with van der Waals surface area (Å²) in [5.74, 6) is -0.148. The topological polar surface area (TPSA) is 37.1 Å². The van der Waals surface area contributed by atoms with Crippen LogP contribution in [-0.4, -0.2) is 22.6 Å². The van der Waals surface area contributed by atoms with Gasteiger partial charge in [0.25, 0.3) is 5.91 Å². The molecule has 4 heteroatoms. The smallest absolute Gasteiger partial charge is 0.255 e. The molecule has 0 saturated carbocycles. The van der Waals surface area contributed by atoms with Crippen LogP contribution >= 0.6 is 15.9 Å². The van der Waals surface area contributed by atoms with Crippen molar-refractivity contribution in [2.45, 2.75) is 12.1 Å². The minimum absolute atomic E-state index is 0.0232. The number of carbonyl (C=O) groups excluding carboxylic acids is 2. The van der Waals surface area contributed by atoms with E-state index in [-0.39, 0.29) is 17.7 Å². The van der Waals surface area contributed by atoms with Gasteiger partial charge in [0.2, 0.25) is 0 Å². The lowest BCUT2D eigenvalue weighted by Crippen LogP contribution is -2.19. The molecule has 1 saturated heterocycles. The fraction of sp³-hybridized carbons (Fsp3) is 0.0909. The standard InChI is InChI=1S/C22H16BrNO2/c23-18-13-11-17(12-14-18)22(26)24-19(15-7-3-1-4-8-15)20(24)21(25)16-9-5-2-6-10-16/h1-14,19-20H. The van der Waals surface area contributed by atoms with Crippen LogP contribution in [0.15, 0.2) is 89.4 Å². The number of hydrogen-bond acceptors (Lipinski definition) is 2. The number of Topliss-reactive ketones (excluding diaryl/α,β-unsaturated/α-hetero) is 1. The Morgan fingerprint density at radius 2 is 1.31 bits per heavy atom. The summed E-state index contributed by atoms with van der Waals surface area (Å²) in [5.41, 5.74) is 2.19. The summed E-state index contributed by atoms with van der Waals surface area (Å²) in [7, 11) is 0. The maximum atomic E-state index is 13.0. The molecule has 0 radical (unpaired) electrons. The first-order valence-corrected chi connectivity index (χ1v) is 9.18. The highest BCUT2D eigenvalue weighted by Crippen LogP contribution is 2.45. The van der Waals surface area contributed by atoms with Crippen LogP contribution in [0.4, 0.5) is 0 Å². The molecule has 3 aromatic rings. The van der Waals surface area contributed by atoms with Gasteiger partial charge in [-0.1, -0.05) is 76.6 Å². The van der Waals surface area contributed by atoms with E-state index in [9.17, 15) is 9.59 Å². The van der Waals surface area contributed by atoms with E-state index in [2.05, 4.69) is 15.9 Å². The normalized spacial score (nSPS) is 18.4. The summed E-state index contributed by atoms with van der Waals surface area (Å²) in [4.78, 5) is 27.7. The number of halogens is 1. The zero-order valence-corrected chi connectivity index (χ0v) is 15.5. The molecule has 1 amide bonds. The molecule has 3 nitrogen and oxygen atoms in total. The fourth-order valence-electron chi connectivity index (χ4n) is 3.26. The maximum absolute atomic E-state index is 13.0. The molecule has 128 valence electrons. The lowest BCUT2D eigenvalue weighted by molar-refractivity contribution is 0.0833. The Morgan fingerprint density at radius 3 is 1.92 bits per heavy atom. The van der Waals surface area contributed by atoms with Gasteiger partial charge in [0, 0.05) is 15.6 Å². The third kappa shape index (κ3) is 3.08. The second kappa shape index (κ2) is 6.89. The largest absolute Gasteiger partial charge is 0.316 e. The maximum Gasteiger partial charge on any atom is 0.255 e. The second-order valence-electron chi connectivity index (χ2n) is 6.25. The highest BCUT2D eigenvalue weighted by molar-refractivity contribution is 9.10. The molecular formula is C22H16BrNO2. The molecule has 1 heterocycles. The first-order valence-electron chi connectivity index (χ1n) is 8.39. The Hall–Kier alpha value is -2.72. The molecule has 1 fully saturated rings. The minimum atomic E-state index is -0.462. The minimum Gasteiger partial charge on any atom is -0.316 e. The summed E-state index contributed by atoms with van der Waals surface area (Å²) in [5, 5.41) is 0. The van der Waals surface area contributed by atoms with Crippen molar-refractivity contribution in [3.05, 3.63) is 106 Å². The van der Waals surface area contributed by atoms with Crippen LogP contribution < -0.4 is 0 Å². The average molecular weight is 406 g/mol. The second-order valence-corrected chi connectivity index (χ2v) is 7.17. The number of amides is 1. The molecule has 0 aliphatic carbocycles. The molecule has 0 aromatic heterocycles. The Morgan fingerprint density at radius 1 is 0.731 bits per heavy atom. The predicted molar refractivity (Wildman–Crippen MR) is 104 cm³/mol. The van der Waals surface area contributed by atoms with Crippen molar-refractivity contribution in [1.29, 1.82) is 0 Å². The average Bonchev–Trinajstić information content (AvgIpc) is 3.44. The van der Waals surface area contributed by atoms with Gasteiger partial charge < -0.3 is 4.90 Å². The van der Waals surface area contributed by atoms with Gasteiger partial charge in [-0.3, -0.25) is 9.59 Å². The first-order chi connectivity index (χ1) is 12.7. The first kappa shape index (κ1) is 16.7. The van der Waals surface area contributed by atoms with Crippen LogP contribution in [0.3, 0.4) is 0 Å². The number of rotatable bonds is 4. The molecule has 4 rings (SSSR count). The van der Waals surface area contributed by atoms with Gasteiger partial charge >= 0.3 is 0 Å². The number of benzene rings is 3. The van der Waals surface area contributed by atoms with Crippen molar-refractivity contribution < 1.29 is 9.59 Å². The highest BCUT2D eigenvalue weighted by Gasteiger charge is 2.56.